The Bertz CT molecular complexity index is 426. The first-order valence-corrected chi connectivity index (χ1v) is 6.35. The quantitative estimate of drug-likeness (QED) is 0.896. The lowest BCUT2D eigenvalue weighted by Crippen LogP contribution is -2.49. The molecule has 1 rings (SSSR count). The molecule has 0 fully saturated rings. The van der Waals surface area contributed by atoms with E-state index < -0.39 is 6.04 Å². The second kappa shape index (κ2) is 6.92. The Morgan fingerprint density at radius 2 is 1.79 bits per heavy atom. The van der Waals surface area contributed by atoms with E-state index in [1.807, 2.05) is 58.9 Å². The molecule has 3 N–H and O–H groups in total. The molecule has 0 saturated carbocycles. The number of benzene rings is 1. The number of carbonyl (C=O) groups is 1. The van der Waals surface area contributed by atoms with Gasteiger partial charge in [0.25, 0.3) is 0 Å². The van der Waals surface area contributed by atoms with E-state index in [-0.39, 0.29) is 29.8 Å². The van der Waals surface area contributed by atoms with E-state index in [2.05, 4.69) is 5.32 Å². The smallest absolute Gasteiger partial charge is 0.237 e. The zero-order valence-corrected chi connectivity index (χ0v) is 13.2. The summed E-state index contributed by atoms with van der Waals surface area (Å²) < 4.78 is 0. The van der Waals surface area contributed by atoms with Crippen LogP contribution < -0.4 is 11.1 Å². The van der Waals surface area contributed by atoms with E-state index >= 15 is 0 Å². The van der Waals surface area contributed by atoms with Gasteiger partial charge in [-0.25, -0.2) is 0 Å². The van der Waals surface area contributed by atoms with Crippen molar-refractivity contribution in [2.75, 3.05) is 0 Å². The van der Waals surface area contributed by atoms with Gasteiger partial charge in [0.05, 0.1) is 12.1 Å². The van der Waals surface area contributed by atoms with Gasteiger partial charge in [0, 0.05) is 0 Å². The van der Waals surface area contributed by atoms with Crippen molar-refractivity contribution in [1.82, 2.24) is 5.32 Å². The largest absolute Gasteiger partial charge is 0.348 e. The summed E-state index contributed by atoms with van der Waals surface area (Å²) >= 11 is 0. The minimum atomic E-state index is -0.496. The van der Waals surface area contributed by atoms with Gasteiger partial charge < -0.3 is 11.1 Å². The van der Waals surface area contributed by atoms with Crippen molar-refractivity contribution in [3.63, 3.8) is 0 Å². The van der Waals surface area contributed by atoms with Crippen LogP contribution in [0.25, 0.3) is 0 Å². The highest BCUT2D eigenvalue weighted by atomic mass is 35.5. The number of hydrogen-bond acceptors (Lipinski definition) is 2. The van der Waals surface area contributed by atoms with Crippen molar-refractivity contribution in [3.8, 4) is 0 Å². The molecule has 0 heterocycles. The van der Waals surface area contributed by atoms with Crippen molar-refractivity contribution in [3.05, 3.63) is 35.4 Å². The Kier molecular flexibility index (Phi) is 6.53. The van der Waals surface area contributed by atoms with E-state index in [9.17, 15) is 4.79 Å². The van der Waals surface area contributed by atoms with Crippen LogP contribution in [0, 0.1) is 12.3 Å². The normalized spacial score (nSPS) is 14.2. The van der Waals surface area contributed by atoms with Crippen LogP contribution in [0.4, 0.5) is 0 Å². The Labute approximate surface area is 122 Å². The molecule has 0 aliphatic rings. The average molecular weight is 285 g/mol. The number of nitrogens with one attached hydrogen (secondary N) is 1. The maximum atomic E-state index is 12.0. The molecule has 0 aromatic heterocycles. The highest BCUT2D eigenvalue weighted by Gasteiger charge is 2.28. The number of carbonyl (C=O) groups excluding carboxylic acids is 1. The van der Waals surface area contributed by atoms with Crippen LogP contribution in [0.2, 0.25) is 0 Å². The maximum absolute atomic E-state index is 12.0. The Morgan fingerprint density at radius 3 is 2.26 bits per heavy atom. The van der Waals surface area contributed by atoms with Crippen molar-refractivity contribution in [1.29, 1.82) is 0 Å². The van der Waals surface area contributed by atoms with E-state index in [0.717, 1.165) is 5.56 Å². The summed E-state index contributed by atoms with van der Waals surface area (Å²) in [7, 11) is 0. The van der Waals surface area contributed by atoms with E-state index in [4.69, 9.17) is 5.73 Å². The van der Waals surface area contributed by atoms with Crippen molar-refractivity contribution in [2.45, 2.75) is 46.7 Å². The van der Waals surface area contributed by atoms with Gasteiger partial charge in [0.15, 0.2) is 0 Å². The second-order valence-electron chi connectivity index (χ2n) is 5.93. The molecular weight excluding hydrogens is 260 g/mol. The zero-order valence-electron chi connectivity index (χ0n) is 12.4. The summed E-state index contributed by atoms with van der Waals surface area (Å²) in [6.45, 7) is 9.93. The Balaban J connectivity index is 0.00000324. The average Bonchev–Trinajstić information content (AvgIpc) is 2.27. The summed E-state index contributed by atoms with van der Waals surface area (Å²) in [5.41, 5.74) is 8.03. The molecule has 2 atom stereocenters. The summed E-state index contributed by atoms with van der Waals surface area (Å²) in [5.74, 6) is -0.0988. The Morgan fingerprint density at radius 1 is 1.26 bits per heavy atom. The van der Waals surface area contributed by atoms with E-state index in [1.54, 1.807) is 0 Å². The van der Waals surface area contributed by atoms with Gasteiger partial charge in [-0.3, -0.25) is 4.79 Å². The zero-order chi connectivity index (χ0) is 13.9. The molecule has 4 heteroatoms. The molecule has 1 aromatic rings. The third-order valence-electron chi connectivity index (χ3n) is 3.23. The number of halogens is 1. The minimum Gasteiger partial charge on any atom is -0.348 e. The third kappa shape index (κ3) is 4.84. The van der Waals surface area contributed by atoms with Crippen LogP contribution in [0.5, 0.6) is 0 Å². The lowest BCUT2D eigenvalue weighted by atomic mass is 9.86. The van der Waals surface area contributed by atoms with Gasteiger partial charge in [0.2, 0.25) is 5.91 Å². The molecular formula is C15H25ClN2O. The monoisotopic (exact) mass is 284 g/mol. The fourth-order valence-electron chi connectivity index (χ4n) is 1.85. The van der Waals surface area contributed by atoms with Crippen LogP contribution in [0.3, 0.4) is 0 Å². The van der Waals surface area contributed by atoms with Crippen molar-refractivity contribution >= 4 is 18.3 Å². The van der Waals surface area contributed by atoms with Crippen LogP contribution in [0.1, 0.15) is 44.9 Å². The molecule has 0 saturated heterocycles. The van der Waals surface area contributed by atoms with Crippen LogP contribution in [0.15, 0.2) is 24.3 Å². The number of amides is 1. The molecule has 0 spiro atoms. The second-order valence-corrected chi connectivity index (χ2v) is 5.93. The molecule has 1 amide bonds. The van der Waals surface area contributed by atoms with Gasteiger partial charge >= 0.3 is 0 Å². The number of nitrogens with two attached hydrogens (primary N) is 1. The van der Waals surface area contributed by atoms with Gasteiger partial charge in [0.1, 0.15) is 0 Å². The number of hydrogen-bond donors (Lipinski definition) is 2. The van der Waals surface area contributed by atoms with E-state index in [1.165, 1.54) is 5.56 Å². The van der Waals surface area contributed by atoms with Crippen molar-refractivity contribution in [2.24, 2.45) is 11.1 Å². The predicted octanol–water partition coefficient (Wildman–Crippen LogP) is 2.97. The fourth-order valence-corrected chi connectivity index (χ4v) is 1.85. The lowest BCUT2D eigenvalue weighted by molar-refractivity contribution is -0.125. The molecule has 0 radical (unpaired) electrons. The van der Waals surface area contributed by atoms with E-state index in [0.29, 0.717) is 0 Å². The number of rotatable bonds is 3. The molecule has 0 bridgehead atoms. The standard InChI is InChI=1S/C15H24N2O.ClH/c1-10-8-6-7-9-12(10)11(2)17-14(18)13(16)15(3,4)5;/h6-9,11,13H,16H2,1-5H3,(H,17,18);1H/t11?,13-;/m1./s1. The molecule has 3 nitrogen and oxygen atoms in total. The molecule has 1 aromatic carbocycles. The minimum absolute atomic E-state index is 0. The summed E-state index contributed by atoms with van der Waals surface area (Å²) in [6.07, 6.45) is 0. The Hall–Kier alpha value is -1.06. The van der Waals surface area contributed by atoms with Crippen LogP contribution >= 0.6 is 12.4 Å². The molecule has 0 aliphatic heterocycles. The molecule has 108 valence electrons. The van der Waals surface area contributed by atoms with Gasteiger partial charge in [-0.1, -0.05) is 45.0 Å². The predicted molar refractivity (Wildman–Crippen MR) is 82.4 cm³/mol. The van der Waals surface area contributed by atoms with Gasteiger partial charge in [-0.15, -0.1) is 12.4 Å². The lowest BCUT2D eigenvalue weighted by Gasteiger charge is -2.27. The van der Waals surface area contributed by atoms with Gasteiger partial charge in [-0.2, -0.15) is 0 Å². The molecule has 19 heavy (non-hydrogen) atoms. The first-order chi connectivity index (χ1) is 8.23. The number of aryl methyl sites for hydroxylation is 1. The van der Waals surface area contributed by atoms with Crippen molar-refractivity contribution < 1.29 is 4.79 Å². The third-order valence-corrected chi connectivity index (χ3v) is 3.23. The fraction of sp³-hybridized carbons (Fsp3) is 0.533. The van der Waals surface area contributed by atoms with Gasteiger partial charge in [-0.05, 0) is 30.4 Å². The first kappa shape index (κ1) is 17.9. The maximum Gasteiger partial charge on any atom is 0.237 e. The molecule has 0 aliphatic carbocycles. The topological polar surface area (TPSA) is 55.1 Å². The van der Waals surface area contributed by atoms with Crippen LogP contribution in [-0.2, 0) is 4.79 Å². The SMILES string of the molecule is Cc1ccccc1C(C)NC(=O)[C@@H](N)C(C)(C)C.Cl. The highest BCUT2D eigenvalue weighted by Crippen LogP contribution is 2.20. The van der Waals surface area contributed by atoms with Crippen LogP contribution in [-0.4, -0.2) is 11.9 Å². The first-order valence-electron chi connectivity index (χ1n) is 6.35. The molecule has 1 unspecified atom stereocenters. The highest BCUT2D eigenvalue weighted by molar-refractivity contribution is 5.85. The summed E-state index contributed by atoms with van der Waals surface area (Å²) in [4.78, 5) is 12.0. The summed E-state index contributed by atoms with van der Waals surface area (Å²) in [5, 5.41) is 2.98. The summed E-state index contributed by atoms with van der Waals surface area (Å²) in [6, 6.07) is 7.53.